The molecule has 1 amide bonds. The summed E-state index contributed by atoms with van der Waals surface area (Å²) in [5, 5.41) is 21.5. The van der Waals surface area contributed by atoms with Gasteiger partial charge in [-0.2, -0.15) is 0 Å². The van der Waals surface area contributed by atoms with Crippen molar-refractivity contribution in [1.29, 1.82) is 0 Å². The molecule has 0 aliphatic carbocycles. The minimum Gasteiger partial charge on any atom is -0.455 e. The maximum Gasteiger partial charge on any atom is 0.278 e. The molecule has 10 nitrogen and oxygen atoms in total. The number of fused-ring (bicyclic) bond motifs is 2. The predicted octanol–water partition coefficient (Wildman–Crippen LogP) is 4.80. The van der Waals surface area contributed by atoms with Crippen molar-refractivity contribution in [3.63, 3.8) is 0 Å². The molecular weight excluding hydrogens is 604 g/mol. The number of aromatic nitrogens is 3. The minimum absolute atomic E-state index is 0.178. The van der Waals surface area contributed by atoms with Gasteiger partial charge in [0.05, 0.1) is 23.2 Å². The molecule has 2 aromatic heterocycles. The summed E-state index contributed by atoms with van der Waals surface area (Å²) in [6, 6.07) is 18.2. The normalized spacial score (nSPS) is 12.7. The summed E-state index contributed by atoms with van der Waals surface area (Å²) in [5.74, 6) is -1.13. The number of halogens is 2. The van der Waals surface area contributed by atoms with Crippen LogP contribution in [0.4, 0.5) is 14.5 Å². The Kier molecular flexibility index (Phi) is 7.96. The van der Waals surface area contributed by atoms with Gasteiger partial charge in [0, 0.05) is 35.9 Å². The molecule has 0 radical (unpaired) electrons. The van der Waals surface area contributed by atoms with Gasteiger partial charge in [-0.1, -0.05) is 23.4 Å². The van der Waals surface area contributed by atoms with Gasteiger partial charge in [-0.05, 0) is 65.7 Å². The number of amides is 1. The maximum absolute atomic E-state index is 13.7. The molecule has 0 saturated heterocycles. The van der Waals surface area contributed by atoms with E-state index < -0.39 is 46.7 Å². The molecule has 2 atom stereocenters. The number of hydrogen-bond acceptors (Lipinski definition) is 7. The molecule has 4 aromatic carbocycles. The van der Waals surface area contributed by atoms with Crippen LogP contribution < -0.4 is 15.6 Å². The molecule has 228 valence electrons. The van der Waals surface area contributed by atoms with Crippen molar-refractivity contribution < 1.29 is 27.3 Å². The Morgan fingerprint density at radius 3 is 2.29 bits per heavy atom. The largest absolute Gasteiger partial charge is 0.455 e. The zero-order valence-corrected chi connectivity index (χ0v) is 24.7. The Balaban J connectivity index is 1.56. The van der Waals surface area contributed by atoms with E-state index in [2.05, 4.69) is 20.4 Å². The van der Waals surface area contributed by atoms with E-state index in [9.17, 15) is 27.7 Å². The molecule has 2 heterocycles. The lowest BCUT2D eigenvalue weighted by Crippen LogP contribution is -2.31. The molecular formula is C32H25F2N5O5S. The van der Waals surface area contributed by atoms with Crippen LogP contribution in [0.15, 0.2) is 88.1 Å². The van der Waals surface area contributed by atoms with Gasteiger partial charge in [0.15, 0.2) is 0 Å². The summed E-state index contributed by atoms with van der Waals surface area (Å²) in [5.41, 5.74) is 2.61. The summed E-state index contributed by atoms with van der Waals surface area (Å²) in [6.45, 7) is -0.488. The molecule has 45 heavy (non-hydrogen) atoms. The highest BCUT2D eigenvalue weighted by molar-refractivity contribution is 7.85. The first kappa shape index (κ1) is 29.8. The number of furan rings is 1. The average molecular weight is 630 g/mol. The SMILES string of the molecule is CNC(=O)c1c(-c2ccc(F)cc2)oc2cc(NS(C)=O)c(-c3ccc4nnn([C@H](CO)c5ccc(F)cc5)c(=O)c4c3)cc12. The van der Waals surface area contributed by atoms with Crippen molar-refractivity contribution in [1.82, 2.24) is 20.3 Å². The van der Waals surface area contributed by atoms with Crippen molar-refractivity contribution >= 4 is 44.5 Å². The summed E-state index contributed by atoms with van der Waals surface area (Å²) in [7, 11) is -0.0321. The van der Waals surface area contributed by atoms with E-state index in [0.717, 1.165) is 4.68 Å². The number of hydrogen-bond donors (Lipinski definition) is 3. The molecule has 6 rings (SSSR count). The van der Waals surface area contributed by atoms with Crippen LogP contribution in [0, 0.1) is 11.6 Å². The van der Waals surface area contributed by atoms with Gasteiger partial charge in [0.2, 0.25) is 0 Å². The number of aliphatic hydroxyl groups is 1. The van der Waals surface area contributed by atoms with E-state index in [1.54, 1.807) is 30.3 Å². The number of nitrogens with one attached hydrogen (secondary N) is 2. The van der Waals surface area contributed by atoms with Crippen LogP contribution in [0.25, 0.3) is 44.3 Å². The van der Waals surface area contributed by atoms with Gasteiger partial charge < -0.3 is 19.6 Å². The first-order chi connectivity index (χ1) is 21.7. The number of nitrogens with zero attached hydrogens (tertiary/aromatic N) is 3. The van der Waals surface area contributed by atoms with Crippen molar-refractivity contribution in [3.05, 3.63) is 112 Å². The first-order valence-electron chi connectivity index (χ1n) is 13.6. The lowest BCUT2D eigenvalue weighted by atomic mass is 9.98. The van der Waals surface area contributed by atoms with Crippen LogP contribution in [-0.4, -0.2) is 50.1 Å². The highest BCUT2D eigenvalue weighted by Gasteiger charge is 2.24. The standard InChI is InChI=1S/C32H25F2N5O5S/c1-35-31(41)29-24-14-22(26(37-45(2)43)15-28(24)44-30(29)18-5-10-21(34)11-6-18)19-7-12-25-23(13-19)32(42)39(38-36-25)27(16-40)17-3-8-20(33)9-4-17/h3-15,27,37,40H,16H2,1-2H3,(H,35,41)/t27-,45?/m1/s1. The second-order valence-corrected chi connectivity index (χ2v) is 11.3. The third-order valence-electron chi connectivity index (χ3n) is 7.36. The van der Waals surface area contributed by atoms with Gasteiger partial charge in [0.1, 0.15) is 45.5 Å². The number of benzene rings is 4. The summed E-state index contributed by atoms with van der Waals surface area (Å²) in [6.07, 6.45) is 1.45. The van der Waals surface area contributed by atoms with Crippen LogP contribution in [0.2, 0.25) is 0 Å². The van der Waals surface area contributed by atoms with E-state index in [1.807, 2.05) is 0 Å². The first-order valence-corrected chi connectivity index (χ1v) is 15.2. The second kappa shape index (κ2) is 12.0. The average Bonchev–Trinajstić information content (AvgIpc) is 3.40. The third-order valence-corrected chi connectivity index (χ3v) is 7.87. The lowest BCUT2D eigenvalue weighted by molar-refractivity contribution is 0.0964. The van der Waals surface area contributed by atoms with Gasteiger partial charge in [0.25, 0.3) is 11.5 Å². The van der Waals surface area contributed by atoms with E-state index >= 15 is 0 Å². The van der Waals surface area contributed by atoms with Crippen LogP contribution in [0.1, 0.15) is 22.0 Å². The quantitative estimate of drug-likeness (QED) is 0.220. The number of anilines is 1. The molecule has 0 aliphatic heterocycles. The molecule has 3 N–H and O–H groups in total. The molecule has 0 aliphatic rings. The van der Waals surface area contributed by atoms with Crippen molar-refractivity contribution in [2.45, 2.75) is 6.04 Å². The predicted molar refractivity (Wildman–Crippen MR) is 167 cm³/mol. The van der Waals surface area contributed by atoms with E-state index in [4.69, 9.17) is 4.42 Å². The van der Waals surface area contributed by atoms with Crippen molar-refractivity contribution in [3.8, 4) is 22.5 Å². The zero-order chi connectivity index (χ0) is 31.8. The molecule has 0 saturated carbocycles. The minimum atomic E-state index is -1.51. The topological polar surface area (TPSA) is 139 Å². The molecule has 6 aromatic rings. The second-order valence-electron chi connectivity index (χ2n) is 10.2. The molecule has 0 spiro atoms. The Morgan fingerprint density at radius 1 is 0.978 bits per heavy atom. The van der Waals surface area contributed by atoms with Crippen molar-refractivity contribution in [2.24, 2.45) is 0 Å². The van der Waals surface area contributed by atoms with E-state index in [1.165, 1.54) is 61.8 Å². The van der Waals surface area contributed by atoms with Gasteiger partial charge in [-0.25, -0.2) is 17.7 Å². The van der Waals surface area contributed by atoms with E-state index in [-0.39, 0.29) is 16.7 Å². The number of carbonyl (C=O) groups is 1. The molecule has 0 bridgehead atoms. The fourth-order valence-corrected chi connectivity index (χ4v) is 5.69. The summed E-state index contributed by atoms with van der Waals surface area (Å²) in [4.78, 5) is 26.8. The van der Waals surface area contributed by atoms with Gasteiger partial charge >= 0.3 is 0 Å². The highest BCUT2D eigenvalue weighted by atomic mass is 32.2. The number of carbonyl (C=O) groups excluding carboxylic acids is 1. The van der Waals surface area contributed by atoms with Crippen LogP contribution in [-0.2, 0) is 11.0 Å². The Bertz CT molecular complexity index is 2160. The van der Waals surface area contributed by atoms with Gasteiger partial charge in [-0.3, -0.25) is 9.59 Å². The molecule has 0 fully saturated rings. The van der Waals surface area contributed by atoms with E-state index in [0.29, 0.717) is 44.4 Å². The van der Waals surface area contributed by atoms with Crippen LogP contribution >= 0.6 is 0 Å². The van der Waals surface area contributed by atoms with Crippen LogP contribution in [0.3, 0.4) is 0 Å². The summed E-state index contributed by atoms with van der Waals surface area (Å²) < 4.78 is 49.6. The summed E-state index contributed by atoms with van der Waals surface area (Å²) >= 11 is 0. The Labute approximate surface area is 256 Å². The third kappa shape index (κ3) is 5.58. The number of rotatable bonds is 8. The van der Waals surface area contributed by atoms with Gasteiger partial charge in [-0.15, -0.1) is 5.10 Å². The zero-order valence-electron chi connectivity index (χ0n) is 23.9. The Hall–Kier alpha value is -5.27. The number of aliphatic hydroxyl groups excluding tert-OH is 1. The monoisotopic (exact) mass is 629 g/mol. The fourth-order valence-electron chi connectivity index (χ4n) is 5.21. The Morgan fingerprint density at radius 2 is 1.64 bits per heavy atom. The smallest absolute Gasteiger partial charge is 0.278 e. The lowest BCUT2D eigenvalue weighted by Gasteiger charge is -2.16. The molecule has 1 unspecified atom stereocenters. The highest BCUT2D eigenvalue weighted by Crippen LogP contribution is 2.40. The molecule has 13 heteroatoms. The van der Waals surface area contributed by atoms with Crippen LogP contribution in [0.5, 0.6) is 0 Å². The van der Waals surface area contributed by atoms with Crippen molar-refractivity contribution in [2.75, 3.05) is 24.6 Å². The fraction of sp³-hybridized carbons (Fsp3) is 0.125. The maximum atomic E-state index is 13.7.